The van der Waals surface area contributed by atoms with Gasteiger partial charge in [-0.25, -0.2) is 9.78 Å². The Kier molecular flexibility index (Phi) is 10.6. The fourth-order valence-electron chi connectivity index (χ4n) is 4.18. The van der Waals surface area contributed by atoms with Crippen molar-refractivity contribution in [1.82, 2.24) is 10.3 Å². The van der Waals surface area contributed by atoms with E-state index in [4.69, 9.17) is 14.5 Å². The molecule has 0 aliphatic rings. The summed E-state index contributed by atoms with van der Waals surface area (Å²) in [6, 6.07) is 26.8. The summed E-state index contributed by atoms with van der Waals surface area (Å²) >= 11 is 1.49. The summed E-state index contributed by atoms with van der Waals surface area (Å²) in [4.78, 5) is 29.9. The lowest BCUT2D eigenvalue weighted by atomic mass is 10.1. The number of carbonyl (C=O) groups excluding carboxylic acids is 2. The minimum absolute atomic E-state index is 0.158. The predicted molar refractivity (Wildman–Crippen MR) is 164 cm³/mol. The summed E-state index contributed by atoms with van der Waals surface area (Å²) in [6.45, 7) is 6.26. The van der Waals surface area contributed by atoms with Crippen molar-refractivity contribution in [2.75, 3.05) is 6.61 Å². The molecule has 4 rings (SSSR count). The maximum atomic E-state index is 13.1. The first kappa shape index (κ1) is 29.5. The van der Waals surface area contributed by atoms with Gasteiger partial charge >= 0.3 is 5.97 Å². The Morgan fingerprint density at radius 1 is 0.927 bits per heavy atom. The second-order valence-corrected chi connectivity index (χ2v) is 10.5. The fourth-order valence-corrected chi connectivity index (χ4v) is 5.00. The molecule has 210 valence electrons. The minimum Gasteiger partial charge on any atom is -0.489 e. The van der Waals surface area contributed by atoms with Crippen molar-refractivity contribution in [3.05, 3.63) is 135 Å². The van der Waals surface area contributed by atoms with E-state index < -0.39 is 0 Å². The highest BCUT2D eigenvalue weighted by Gasteiger charge is 2.20. The monoisotopic (exact) mass is 566 g/mol. The molecule has 1 aromatic heterocycles. The van der Waals surface area contributed by atoms with E-state index in [1.165, 1.54) is 11.3 Å². The van der Waals surface area contributed by atoms with Crippen molar-refractivity contribution in [2.45, 2.75) is 39.8 Å². The molecule has 0 saturated heterocycles. The van der Waals surface area contributed by atoms with E-state index in [9.17, 15) is 9.59 Å². The summed E-state index contributed by atoms with van der Waals surface area (Å²) in [5.74, 6) is 0.292. The number of nitrogens with zero attached hydrogens (tertiary/aromatic N) is 1. The van der Waals surface area contributed by atoms with Gasteiger partial charge in [0.1, 0.15) is 17.4 Å². The van der Waals surface area contributed by atoms with Crippen LogP contribution in [0.25, 0.3) is 6.08 Å². The summed E-state index contributed by atoms with van der Waals surface area (Å²) in [6.07, 6.45) is 4.26. The third-order valence-electron chi connectivity index (χ3n) is 6.21. The van der Waals surface area contributed by atoms with Gasteiger partial charge in [-0.1, -0.05) is 60.7 Å². The molecule has 1 atom stereocenters. The van der Waals surface area contributed by atoms with Gasteiger partial charge in [0.15, 0.2) is 0 Å². The van der Waals surface area contributed by atoms with E-state index in [1.807, 2.05) is 91.2 Å². The molecule has 0 unspecified atom stereocenters. The van der Waals surface area contributed by atoms with Crippen molar-refractivity contribution in [3.63, 3.8) is 0 Å². The number of allylic oxidation sites excluding steroid dienone is 2. The first-order valence-corrected chi connectivity index (χ1v) is 14.4. The van der Waals surface area contributed by atoms with Crippen molar-refractivity contribution >= 4 is 29.3 Å². The first-order chi connectivity index (χ1) is 19.9. The molecule has 4 aromatic rings. The molecule has 6 nitrogen and oxygen atoms in total. The third kappa shape index (κ3) is 9.01. The lowest BCUT2D eigenvalue weighted by molar-refractivity contribution is -0.138. The van der Waals surface area contributed by atoms with Crippen LogP contribution in [-0.2, 0) is 22.6 Å². The maximum absolute atomic E-state index is 13.1. The van der Waals surface area contributed by atoms with Crippen LogP contribution in [0.15, 0.2) is 108 Å². The Morgan fingerprint density at radius 3 is 2.29 bits per heavy atom. The zero-order valence-corrected chi connectivity index (χ0v) is 24.3. The fraction of sp³-hybridized carbons (Fsp3) is 0.206. The molecule has 0 aliphatic heterocycles. The molecule has 7 heteroatoms. The smallest absolute Gasteiger partial charge is 0.333 e. The van der Waals surface area contributed by atoms with Crippen LogP contribution in [0.1, 0.15) is 59.0 Å². The topological polar surface area (TPSA) is 77.5 Å². The molecule has 1 amide bonds. The highest BCUT2D eigenvalue weighted by Crippen LogP contribution is 2.25. The highest BCUT2D eigenvalue weighted by atomic mass is 32.1. The number of thiazole rings is 1. The number of nitrogens with one attached hydrogen (secondary N) is 1. The van der Waals surface area contributed by atoms with Crippen molar-refractivity contribution < 1.29 is 19.1 Å². The number of rotatable bonds is 12. The zero-order valence-electron chi connectivity index (χ0n) is 23.5. The average Bonchev–Trinajstić information content (AvgIpc) is 3.45. The minimum atomic E-state index is -0.334. The number of benzene rings is 3. The Bertz CT molecular complexity index is 1490. The maximum Gasteiger partial charge on any atom is 0.333 e. The van der Waals surface area contributed by atoms with Crippen LogP contribution in [0, 0.1) is 0 Å². The van der Waals surface area contributed by atoms with Crippen LogP contribution < -0.4 is 10.1 Å². The number of hydrogen-bond donors (Lipinski definition) is 1. The van der Waals surface area contributed by atoms with Crippen LogP contribution >= 0.6 is 11.3 Å². The molecule has 41 heavy (non-hydrogen) atoms. The number of carbonyl (C=O) groups is 2. The van der Waals surface area contributed by atoms with Crippen LogP contribution in [-0.4, -0.2) is 23.5 Å². The Hall–Kier alpha value is -4.49. The molecule has 1 N–H and O–H groups in total. The molecule has 0 spiro atoms. The molecule has 0 bridgehead atoms. The van der Waals surface area contributed by atoms with E-state index in [0.29, 0.717) is 30.8 Å². The van der Waals surface area contributed by atoms with Crippen molar-refractivity contribution in [1.29, 1.82) is 0 Å². The van der Waals surface area contributed by atoms with Gasteiger partial charge in [0, 0.05) is 16.5 Å². The number of esters is 1. The van der Waals surface area contributed by atoms with Gasteiger partial charge < -0.3 is 14.8 Å². The quantitative estimate of drug-likeness (QED) is 0.110. The van der Waals surface area contributed by atoms with Crippen LogP contribution in [0.2, 0.25) is 0 Å². The Balaban J connectivity index is 1.50. The summed E-state index contributed by atoms with van der Waals surface area (Å²) in [5.41, 5.74) is 4.92. The van der Waals surface area contributed by atoms with Gasteiger partial charge in [0.25, 0.3) is 5.91 Å². The lowest BCUT2D eigenvalue weighted by Gasteiger charge is -2.17. The van der Waals surface area contributed by atoms with E-state index in [0.717, 1.165) is 33.2 Å². The molecule has 3 aromatic carbocycles. The van der Waals surface area contributed by atoms with Gasteiger partial charge in [-0.3, -0.25) is 4.79 Å². The van der Waals surface area contributed by atoms with E-state index >= 15 is 0 Å². The standard InChI is InChI=1S/C34H34N2O4S/c1-4-39-34(38)25(3)19-24(2)20-29-23-41-33(35-29)31(36-32(37)28-13-9-6-10-14-28)21-26-15-17-30(18-16-26)40-22-27-11-7-5-8-12-27/h5-20,23,31H,4,21-22H2,1-3H3,(H,36,37)/t31-/m0/s1. The van der Waals surface area contributed by atoms with Crippen molar-refractivity contribution in [3.8, 4) is 5.75 Å². The van der Waals surface area contributed by atoms with Gasteiger partial charge in [0.05, 0.1) is 18.3 Å². The lowest BCUT2D eigenvalue weighted by Crippen LogP contribution is -2.30. The van der Waals surface area contributed by atoms with Crippen LogP contribution in [0.5, 0.6) is 5.75 Å². The second kappa shape index (κ2) is 14.8. The van der Waals surface area contributed by atoms with Crippen LogP contribution in [0.4, 0.5) is 0 Å². The summed E-state index contributed by atoms with van der Waals surface area (Å²) in [5, 5.41) is 5.92. The summed E-state index contributed by atoms with van der Waals surface area (Å²) in [7, 11) is 0. The van der Waals surface area contributed by atoms with Crippen molar-refractivity contribution in [2.24, 2.45) is 0 Å². The number of amides is 1. The first-order valence-electron chi connectivity index (χ1n) is 13.5. The number of ether oxygens (including phenoxy) is 2. The SMILES string of the molecule is CCOC(=O)C(C)=CC(C)=Cc1csc([C@H](Cc2ccc(OCc3ccccc3)cc2)NC(=O)c2ccccc2)n1. The van der Waals surface area contributed by atoms with E-state index in [2.05, 4.69) is 5.32 Å². The zero-order chi connectivity index (χ0) is 29.0. The third-order valence-corrected chi connectivity index (χ3v) is 7.18. The molecule has 0 fully saturated rings. The molecule has 0 aliphatic carbocycles. The van der Waals surface area contributed by atoms with E-state index in [-0.39, 0.29) is 17.9 Å². The molecule has 0 saturated carbocycles. The molecule has 0 radical (unpaired) electrons. The predicted octanol–water partition coefficient (Wildman–Crippen LogP) is 7.35. The number of hydrogen-bond acceptors (Lipinski definition) is 6. The molecule has 1 heterocycles. The highest BCUT2D eigenvalue weighted by molar-refractivity contribution is 7.09. The summed E-state index contributed by atoms with van der Waals surface area (Å²) < 4.78 is 11.0. The van der Waals surface area contributed by atoms with Crippen LogP contribution in [0.3, 0.4) is 0 Å². The van der Waals surface area contributed by atoms with Gasteiger partial charge in [0.2, 0.25) is 0 Å². The Morgan fingerprint density at radius 2 is 1.61 bits per heavy atom. The Labute approximate surface area is 245 Å². The van der Waals surface area contributed by atoms with Gasteiger partial charge in [-0.15, -0.1) is 11.3 Å². The van der Waals surface area contributed by atoms with Gasteiger partial charge in [-0.2, -0.15) is 0 Å². The molecular weight excluding hydrogens is 532 g/mol. The molecular formula is C34H34N2O4S. The average molecular weight is 567 g/mol. The van der Waals surface area contributed by atoms with E-state index in [1.54, 1.807) is 32.1 Å². The second-order valence-electron chi connectivity index (χ2n) is 9.56. The van der Waals surface area contributed by atoms with Gasteiger partial charge in [-0.05, 0) is 80.3 Å². The largest absolute Gasteiger partial charge is 0.489 e. The normalized spacial score (nSPS) is 12.5. The number of aromatic nitrogens is 1.